The van der Waals surface area contributed by atoms with E-state index in [4.69, 9.17) is 5.11 Å². The van der Waals surface area contributed by atoms with Crippen molar-refractivity contribution in [1.82, 2.24) is 10.3 Å². The van der Waals surface area contributed by atoms with Gasteiger partial charge in [-0.3, -0.25) is 4.98 Å². The van der Waals surface area contributed by atoms with Crippen molar-refractivity contribution in [3.05, 3.63) is 53.9 Å². The Balaban J connectivity index is 2.26. The maximum Gasteiger partial charge on any atom is 0.405 e. The largest absolute Gasteiger partial charge is 0.465 e. The number of hydrogen-bond acceptors (Lipinski definition) is 3. The molecule has 0 radical (unpaired) electrons. The van der Waals surface area contributed by atoms with Gasteiger partial charge in [0.15, 0.2) is 0 Å². The van der Waals surface area contributed by atoms with E-state index in [0.717, 1.165) is 22.3 Å². The number of rotatable bonds is 4. The number of hydrogen-bond donors (Lipinski definition) is 3. The first-order valence-electron chi connectivity index (χ1n) is 6.23. The predicted molar refractivity (Wildman–Crippen MR) is 75.4 cm³/mol. The fourth-order valence-electron chi connectivity index (χ4n) is 2.08. The van der Waals surface area contributed by atoms with E-state index in [9.17, 15) is 9.90 Å². The molecule has 3 N–H and O–H groups in total. The van der Waals surface area contributed by atoms with Crippen LogP contribution in [0.15, 0.2) is 42.7 Å². The molecule has 1 atom stereocenters. The minimum Gasteiger partial charge on any atom is -0.465 e. The average molecular weight is 272 g/mol. The molecule has 20 heavy (non-hydrogen) atoms. The summed E-state index contributed by atoms with van der Waals surface area (Å²) in [5, 5.41) is 20.2. The Bertz CT molecular complexity index is 596. The number of aliphatic hydroxyl groups is 1. The van der Waals surface area contributed by atoms with E-state index < -0.39 is 12.1 Å². The van der Waals surface area contributed by atoms with E-state index >= 15 is 0 Å². The van der Waals surface area contributed by atoms with Crippen LogP contribution in [-0.2, 0) is 0 Å². The van der Waals surface area contributed by atoms with Crippen molar-refractivity contribution in [2.45, 2.75) is 13.0 Å². The van der Waals surface area contributed by atoms with Crippen LogP contribution in [0, 0.1) is 6.92 Å². The molecule has 0 aliphatic heterocycles. The van der Waals surface area contributed by atoms with Gasteiger partial charge in [0.05, 0.1) is 12.6 Å². The van der Waals surface area contributed by atoms with E-state index in [1.54, 1.807) is 12.4 Å². The fourth-order valence-corrected chi connectivity index (χ4v) is 2.08. The predicted octanol–water partition coefficient (Wildman–Crippen LogP) is 2.36. The Morgan fingerprint density at radius 1 is 1.30 bits per heavy atom. The zero-order chi connectivity index (χ0) is 14.5. The average Bonchev–Trinajstić information content (AvgIpc) is 2.45. The zero-order valence-corrected chi connectivity index (χ0v) is 11.1. The first-order valence-corrected chi connectivity index (χ1v) is 6.23. The first-order chi connectivity index (χ1) is 9.61. The highest BCUT2D eigenvalue weighted by molar-refractivity contribution is 5.67. The summed E-state index contributed by atoms with van der Waals surface area (Å²) < 4.78 is 0. The third kappa shape index (κ3) is 3.13. The second-order valence-electron chi connectivity index (χ2n) is 4.50. The molecule has 0 fully saturated rings. The van der Waals surface area contributed by atoms with Crippen molar-refractivity contribution in [2.75, 3.05) is 6.61 Å². The Morgan fingerprint density at radius 3 is 2.55 bits per heavy atom. The summed E-state index contributed by atoms with van der Waals surface area (Å²) in [6.07, 6.45) is 2.38. The molecular formula is C15H16N2O3. The minimum atomic E-state index is -1.15. The molecule has 2 aromatic rings. The number of nitrogens with one attached hydrogen (secondary N) is 1. The molecule has 0 saturated heterocycles. The summed E-state index contributed by atoms with van der Waals surface area (Å²) in [4.78, 5) is 14.7. The van der Waals surface area contributed by atoms with Gasteiger partial charge in [-0.05, 0) is 35.2 Å². The maximum atomic E-state index is 10.6. The highest BCUT2D eigenvalue weighted by Crippen LogP contribution is 2.24. The van der Waals surface area contributed by atoms with E-state index in [-0.39, 0.29) is 6.61 Å². The molecular weight excluding hydrogens is 256 g/mol. The van der Waals surface area contributed by atoms with E-state index in [1.807, 2.05) is 37.3 Å². The first kappa shape index (κ1) is 14.0. The second kappa shape index (κ2) is 6.16. The maximum absolute atomic E-state index is 10.6. The summed E-state index contributed by atoms with van der Waals surface area (Å²) >= 11 is 0. The number of aryl methyl sites for hydroxylation is 1. The van der Waals surface area contributed by atoms with Crippen molar-refractivity contribution >= 4 is 6.09 Å². The SMILES string of the molecule is Cc1cnccc1-c1ccc(C(CO)NC(=O)O)cc1. The van der Waals surface area contributed by atoms with Gasteiger partial charge in [0.25, 0.3) is 0 Å². The molecule has 0 spiro atoms. The quantitative estimate of drug-likeness (QED) is 0.798. The smallest absolute Gasteiger partial charge is 0.405 e. The molecule has 0 aliphatic carbocycles. The van der Waals surface area contributed by atoms with Crippen LogP contribution in [0.4, 0.5) is 4.79 Å². The number of pyridine rings is 1. The Morgan fingerprint density at radius 2 is 2.00 bits per heavy atom. The van der Waals surface area contributed by atoms with Gasteiger partial charge in [-0.2, -0.15) is 0 Å². The molecule has 0 saturated carbocycles. The van der Waals surface area contributed by atoms with Gasteiger partial charge in [0, 0.05) is 12.4 Å². The molecule has 0 bridgehead atoms. The number of benzene rings is 1. The number of aliphatic hydroxyl groups excluding tert-OH is 1. The van der Waals surface area contributed by atoms with E-state index in [2.05, 4.69) is 10.3 Å². The van der Waals surface area contributed by atoms with Crippen molar-refractivity contribution in [2.24, 2.45) is 0 Å². The molecule has 0 aliphatic rings. The van der Waals surface area contributed by atoms with Gasteiger partial charge in [0.2, 0.25) is 0 Å². The van der Waals surface area contributed by atoms with Crippen LogP contribution in [-0.4, -0.2) is 27.9 Å². The van der Waals surface area contributed by atoms with Gasteiger partial charge in [-0.25, -0.2) is 4.79 Å². The molecule has 104 valence electrons. The van der Waals surface area contributed by atoms with E-state index in [0.29, 0.717) is 0 Å². The lowest BCUT2D eigenvalue weighted by molar-refractivity contribution is 0.177. The van der Waals surface area contributed by atoms with Crippen LogP contribution in [0.25, 0.3) is 11.1 Å². The zero-order valence-electron chi connectivity index (χ0n) is 11.1. The number of carbonyl (C=O) groups is 1. The molecule has 1 heterocycles. The summed E-state index contributed by atoms with van der Waals surface area (Å²) in [6.45, 7) is 1.71. The fraction of sp³-hybridized carbons (Fsp3) is 0.200. The van der Waals surface area contributed by atoms with E-state index in [1.165, 1.54) is 0 Å². The number of nitrogens with zero attached hydrogens (tertiary/aromatic N) is 1. The molecule has 1 aromatic carbocycles. The summed E-state index contributed by atoms with van der Waals surface area (Å²) in [5.74, 6) is 0. The van der Waals surface area contributed by atoms with Crippen LogP contribution < -0.4 is 5.32 Å². The van der Waals surface area contributed by atoms with Crippen LogP contribution in [0.2, 0.25) is 0 Å². The summed E-state index contributed by atoms with van der Waals surface area (Å²) in [7, 11) is 0. The van der Waals surface area contributed by atoms with Crippen LogP contribution in [0.5, 0.6) is 0 Å². The highest BCUT2D eigenvalue weighted by Gasteiger charge is 2.12. The Labute approximate surface area is 116 Å². The lowest BCUT2D eigenvalue weighted by Gasteiger charge is -2.15. The molecule has 5 nitrogen and oxygen atoms in total. The summed E-state index contributed by atoms with van der Waals surface area (Å²) in [5.41, 5.74) is 3.91. The Kier molecular flexibility index (Phi) is 4.32. The van der Waals surface area contributed by atoms with Gasteiger partial charge < -0.3 is 15.5 Å². The lowest BCUT2D eigenvalue weighted by atomic mass is 9.99. The van der Waals surface area contributed by atoms with Crippen molar-refractivity contribution in [1.29, 1.82) is 0 Å². The monoisotopic (exact) mass is 272 g/mol. The number of aromatic nitrogens is 1. The van der Waals surface area contributed by atoms with Gasteiger partial charge in [-0.1, -0.05) is 24.3 Å². The third-order valence-corrected chi connectivity index (χ3v) is 3.12. The Hall–Kier alpha value is -2.40. The molecule has 1 aromatic heterocycles. The van der Waals surface area contributed by atoms with Crippen LogP contribution in [0.3, 0.4) is 0 Å². The van der Waals surface area contributed by atoms with Crippen molar-refractivity contribution in [3.8, 4) is 11.1 Å². The second-order valence-corrected chi connectivity index (χ2v) is 4.50. The number of amides is 1. The molecule has 5 heteroatoms. The normalized spacial score (nSPS) is 11.9. The third-order valence-electron chi connectivity index (χ3n) is 3.12. The standard InChI is InChI=1S/C15H16N2O3/c1-10-8-16-7-6-13(10)11-2-4-12(5-3-11)14(9-18)17-15(19)20/h2-8,14,17-18H,9H2,1H3,(H,19,20). The van der Waals surface area contributed by atoms with Gasteiger partial charge in [0.1, 0.15) is 0 Å². The molecule has 2 rings (SSSR count). The molecule has 1 unspecified atom stereocenters. The van der Waals surface area contributed by atoms with Crippen LogP contribution in [0.1, 0.15) is 17.2 Å². The van der Waals surface area contributed by atoms with Gasteiger partial charge >= 0.3 is 6.09 Å². The number of carboxylic acid groups (broad SMARTS) is 1. The minimum absolute atomic E-state index is 0.278. The van der Waals surface area contributed by atoms with Crippen molar-refractivity contribution in [3.63, 3.8) is 0 Å². The van der Waals surface area contributed by atoms with Crippen LogP contribution >= 0.6 is 0 Å². The highest BCUT2D eigenvalue weighted by atomic mass is 16.4. The summed E-state index contributed by atoms with van der Waals surface area (Å²) in [6, 6.07) is 8.76. The van der Waals surface area contributed by atoms with Crippen molar-refractivity contribution < 1.29 is 15.0 Å². The van der Waals surface area contributed by atoms with Gasteiger partial charge in [-0.15, -0.1) is 0 Å². The topological polar surface area (TPSA) is 82.5 Å². The lowest BCUT2D eigenvalue weighted by Crippen LogP contribution is -2.29. The molecule has 1 amide bonds.